The summed E-state index contributed by atoms with van der Waals surface area (Å²) in [6.45, 7) is 3.61. The summed E-state index contributed by atoms with van der Waals surface area (Å²) < 4.78 is 27.6. The lowest BCUT2D eigenvalue weighted by atomic mass is 10.1. The number of nitrogens with zero attached hydrogens (tertiary/aromatic N) is 1. The van der Waals surface area contributed by atoms with Crippen molar-refractivity contribution in [3.8, 4) is 0 Å². The third-order valence-electron chi connectivity index (χ3n) is 2.59. The average Bonchev–Trinajstić information content (AvgIpc) is 2.74. The van der Waals surface area contributed by atoms with Crippen LogP contribution in [0.15, 0.2) is 22.8 Å². The highest BCUT2D eigenvalue weighted by Gasteiger charge is 2.21. The number of benzene rings is 1. The van der Waals surface area contributed by atoms with E-state index in [2.05, 4.69) is 26.2 Å². The van der Waals surface area contributed by atoms with Crippen molar-refractivity contribution in [2.24, 2.45) is 0 Å². The van der Waals surface area contributed by atoms with Crippen molar-refractivity contribution in [2.45, 2.75) is 19.9 Å². The molecule has 0 saturated heterocycles. The predicted molar refractivity (Wildman–Crippen MR) is 76.8 cm³/mol. The van der Waals surface area contributed by atoms with E-state index in [1.165, 1.54) is 11.3 Å². The van der Waals surface area contributed by atoms with Crippen LogP contribution >= 0.6 is 27.3 Å². The van der Waals surface area contributed by atoms with Crippen molar-refractivity contribution in [2.75, 3.05) is 0 Å². The van der Waals surface area contributed by atoms with Gasteiger partial charge in [-0.2, -0.15) is 0 Å². The van der Waals surface area contributed by atoms with Gasteiger partial charge < -0.3 is 5.32 Å². The number of rotatable bonds is 3. The van der Waals surface area contributed by atoms with Crippen LogP contribution in [-0.4, -0.2) is 10.9 Å². The Balaban J connectivity index is 2.20. The highest BCUT2D eigenvalue weighted by molar-refractivity contribution is 9.10. The molecule has 106 valence electrons. The Labute approximate surface area is 127 Å². The van der Waals surface area contributed by atoms with Crippen molar-refractivity contribution in [1.82, 2.24) is 10.3 Å². The summed E-state index contributed by atoms with van der Waals surface area (Å²) in [5.74, 6) is -2.61. The van der Waals surface area contributed by atoms with Gasteiger partial charge in [-0.15, -0.1) is 11.3 Å². The van der Waals surface area contributed by atoms with Gasteiger partial charge in [0.2, 0.25) is 0 Å². The first-order valence-corrected chi connectivity index (χ1v) is 7.37. The molecule has 0 aliphatic rings. The van der Waals surface area contributed by atoms with Crippen molar-refractivity contribution >= 4 is 33.2 Å². The Morgan fingerprint density at radius 2 is 2.00 bits per heavy atom. The zero-order valence-corrected chi connectivity index (χ0v) is 13.1. The fraction of sp³-hybridized carbons (Fsp3) is 0.231. The summed E-state index contributed by atoms with van der Waals surface area (Å²) in [5, 5.41) is 3.23. The summed E-state index contributed by atoms with van der Waals surface area (Å²) in [6.07, 6.45) is 1.68. The summed E-state index contributed by atoms with van der Waals surface area (Å²) in [5.41, 5.74) is -0.590. The molecule has 20 heavy (non-hydrogen) atoms. The molecule has 0 bridgehead atoms. The first-order valence-electron chi connectivity index (χ1n) is 5.76. The maximum absolute atomic E-state index is 13.7. The molecule has 0 aliphatic carbocycles. The molecule has 0 saturated carbocycles. The second-order valence-electron chi connectivity index (χ2n) is 4.25. The lowest BCUT2D eigenvalue weighted by Gasteiger charge is -2.12. The van der Waals surface area contributed by atoms with E-state index in [4.69, 9.17) is 0 Å². The van der Waals surface area contributed by atoms with E-state index in [1.54, 1.807) is 13.1 Å². The highest BCUT2D eigenvalue weighted by Crippen LogP contribution is 2.22. The number of carbonyl (C=O) groups excluding carboxylic acids is 1. The molecule has 0 fully saturated rings. The number of hydrogen-bond donors (Lipinski definition) is 1. The van der Waals surface area contributed by atoms with Gasteiger partial charge in [0.05, 0.1) is 6.04 Å². The van der Waals surface area contributed by atoms with Crippen molar-refractivity contribution in [1.29, 1.82) is 0 Å². The SMILES string of the molecule is Cc1cnc(C(C)NC(=O)c2c(F)cc(Br)cc2F)s1. The number of aromatic nitrogens is 1. The number of nitrogens with one attached hydrogen (secondary N) is 1. The quantitative estimate of drug-likeness (QED) is 0.899. The number of aryl methyl sites for hydroxylation is 1. The van der Waals surface area contributed by atoms with Crippen LogP contribution in [0.1, 0.15) is 33.2 Å². The Morgan fingerprint density at radius 3 is 2.50 bits per heavy atom. The molecule has 0 radical (unpaired) electrons. The van der Waals surface area contributed by atoms with Gasteiger partial charge in [-0.25, -0.2) is 13.8 Å². The molecule has 1 heterocycles. The zero-order chi connectivity index (χ0) is 14.9. The van der Waals surface area contributed by atoms with E-state index in [9.17, 15) is 13.6 Å². The van der Waals surface area contributed by atoms with Crippen LogP contribution in [0.2, 0.25) is 0 Å². The Hall–Kier alpha value is -1.34. The lowest BCUT2D eigenvalue weighted by molar-refractivity contribution is 0.0931. The monoisotopic (exact) mass is 360 g/mol. The minimum absolute atomic E-state index is 0.243. The minimum atomic E-state index is -0.906. The number of hydrogen-bond acceptors (Lipinski definition) is 3. The van der Waals surface area contributed by atoms with Crippen LogP contribution in [0.5, 0.6) is 0 Å². The van der Waals surface area contributed by atoms with Crippen molar-refractivity contribution in [3.63, 3.8) is 0 Å². The maximum Gasteiger partial charge on any atom is 0.257 e. The number of carbonyl (C=O) groups is 1. The van der Waals surface area contributed by atoms with Gasteiger partial charge in [0.15, 0.2) is 0 Å². The van der Waals surface area contributed by atoms with Crippen LogP contribution < -0.4 is 5.32 Å². The molecule has 3 nitrogen and oxygen atoms in total. The predicted octanol–water partition coefficient (Wildman–Crippen LogP) is 3.98. The van der Waals surface area contributed by atoms with Gasteiger partial charge in [0.25, 0.3) is 5.91 Å². The van der Waals surface area contributed by atoms with Crippen molar-refractivity contribution < 1.29 is 13.6 Å². The fourth-order valence-corrected chi connectivity index (χ4v) is 2.84. The fourth-order valence-electron chi connectivity index (χ4n) is 1.66. The molecular formula is C13H11BrF2N2OS. The van der Waals surface area contributed by atoms with Crippen molar-refractivity contribution in [3.05, 3.63) is 49.9 Å². The number of amides is 1. The Bertz CT molecular complexity index is 637. The van der Waals surface area contributed by atoms with Gasteiger partial charge >= 0.3 is 0 Å². The smallest absolute Gasteiger partial charge is 0.257 e. The van der Waals surface area contributed by atoms with E-state index in [-0.39, 0.29) is 4.47 Å². The van der Waals surface area contributed by atoms with Gasteiger partial charge in [0.1, 0.15) is 22.2 Å². The van der Waals surface area contributed by atoms with Crippen LogP contribution in [0.3, 0.4) is 0 Å². The third-order valence-corrected chi connectivity index (χ3v) is 4.14. The van der Waals surface area contributed by atoms with Crippen LogP contribution in [0.25, 0.3) is 0 Å². The molecule has 1 atom stereocenters. The van der Waals surface area contributed by atoms with Crippen LogP contribution in [0.4, 0.5) is 8.78 Å². The standard InChI is InChI=1S/C13H11BrF2N2OS/c1-6-5-17-13(20-6)7(2)18-12(19)11-9(15)3-8(14)4-10(11)16/h3-5,7H,1-2H3,(H,18,19). The molecule has 1 aromatic carbocycles. The molecule has 1 N–H and O–H groups in total. The Kier molecular flexibility index (Phi) is 4.49. The molecule has 7 heteroatoms. The summed E-state index contributed by atoms with van der Waals surface area (Å²) in [7, 11) is 0. The summed E-state index contributed by atoms with van der Waals surface area (Å²) in [6, 6.07) is 1.69. The summed E-state index contributed by atoms with van der Waals surface area (Å²) in [4.78, 5) is 17.1. The van der Waals surface area contributed by atoms with E-state index in [1.807, 2.05) is 6.92 Å². The topological polar surface area (TPSA) is 42.0 Å². The Morgan fingerprint density at radius 1 is 1.40 bits per heavy atom. The second-order valence-corrected chi connectivity index (χ2v) is 6.43. The van der Waals surface area contributed by atoms with E-state index in [0.29, 0.717) is 5.01 Å². The highest BCUT2D eigenvalue weighted by atomic mass is 79.9. The van der Waals surface area contributed by atoms with Gasteiger partial charge in [-0.1, -0.05) is 15.9 Å². The number of thiazole rings is 1. The molecule has 1 amide bonds. The molecule has 0 aliphatic heterocycles. The minimum Gasteiger partial charge on any atom is -0.343 e. The number of halogens is 3. The van der Waals surface area contributed by atoms with E-state index < -0.39 is 29.1 Å². The largest absolute Gasteiger partial charge is 0.343 e. The summed E-state index contributed by atoms with van der Waals surface area (Å²) >= 11 is 4.39. The van der Waals surface area contributed by atoms with Crippen LogP contribution in [-0.2, 0) is 0 Å². The first kappa shape index (κ1) is 15.1. The molecule has 0 spiro atoms. The first-order chi connectivity index (χ1) is 9.38. The van der Waals surface area contributed by atoms with Crippen LogP contribution in [0, 0.1) is 18.6 Å². The molecule has 2 aromatic rings. The zero-order valence-electron chi connectivity index (χ0n) is 10.7. The van der Waals surface area contributed by atoms with E-state index in [0.717, 1.165) is 17.0 Å². The van der Waals surface area contributed by atoms with Gasteiger partial charge in [-0.3, -0.25) is 4.79 Å². The van der Waals surface area contributed by atoms with E-state index >= 15 is 0 Å². The average molecular weight is 361 g/mol. The van der Waals surface area contributed by atoms with Gasteiger partial charge in [0, 0.05) is 15.5 Å². The third kappa shape index (κ3) is 3.21. The molecule has 2 rings (SSSR count). The normalized spacial score (nSPS) is 12.2. The maximum atomic E-state index is 13.7. The molecular weight excluding hydrogens is 350 g/mol. The lowest BCUT2D eigenvalue weighted by Crippen LogP contribution is -2.28. The van der Waals surface area contributed by atoms with Gasteiger partial charge in [-0.05, 0) is 26.0 Å². The second kappa shape index (κ2) is 5.97. The molecule has 1 aromatic heterocycles. The molecule has 1 unspecified atom stereocenters.